The summed E-state index contributed by atoms with van der Waals surface area (Å²) in [6.45, 7) is 2.66. The van der Waals surface area contributed by atoms with Crippen LogP contribution in [0.2, 0.25) is 0 Å². The second-order valence-electron chi connectivity index (χ2n) is 4.77. The number of alkyl halides is 3. The summed E-state index contributed by atoms with van der Waals surface area (Å²) in [4.78, 5) is 4.46. The molecule has 0 aliphatic rings. The van der Waals surface area contributed by atoms with E-state index < -0.39 is 18.6 Å². The quantitative estimate of drug-likeness (QED) is 0.914. The second kappa shape index (κ2) is 5.83. The van der Waals surface area contributed by atoms with Crippen LogP contribution < -0.4 is 5.32 Å². The van der Waals surface area contributed by atoms with Gasteiger partial charge in [-0.25, -0.2) is 4.98 Å². The predicted molar refractivity (Wildman–Crippen MR) is 72.6 cm³/mol. The highest BCUT2D eigenvalue weighted by Gasteiger charge is 2.32. The normalized spacial score (nSPS) is 13.8. The minimum atomic E-state index is -4.17. The minimum absolute atomic E-state index is 0.262. The first-order chi connectivity index (χ1) is 9.44. The molecule has 1 atom stereocenters. The van der Waals surface area contributed by atoms with Gasteiger partial charge in [0.2, 0.25) is 0 Å². The van der Waals surface area contributed by atoms with E-state index >= 15 is 0 Å². The molecule has 1 heterocycles. The minimum Gasteiger partial charge on any atom is -0.328 e. The Morgan fingerprint density at radius 3 is 2.60 bits per heavy atom. The van der Waals surface area contributed by atoms with Crippen LogP contribution in [0.25, 0.3) is 11.0 Å². The van der Waals surface area contributed by atoms with Gasteiger partial charge < -0.3 is 9.88 Å². The van der Waals surface area contributed by atoms with Crippen molar-refractivity contribution in [1.29, 1.82) is 0 Å². The lowest BCUT2D eigenvalue weighted by Gasteiger charge is -2.18. The van der Waals surface area contributed by atoms with Gasteiger partial charge in [-0.15, -0.1) is 0 Å². The van der Waals surface area contributed by atoms with Crippen molar-refractivity contribution in [2.45, 2.75) is 38.5 Å². The first-order valence-corrected chi connectivity index (χ1v) is 6.62. The SMILES string of the molecule is CCn1c(CC(CC(F)(F)F)NC)nc2ccccc21. The van der Waals surface area contributed by atoms with Crippen molar-refractivity contribution in [3.8, 4) is 0 Å². The topological polar surface area (TPSA) is 29.9 Å². The number of nitrogens with one attached hydrogen (secondary N) is 1. The molecule has 1 aromatic carbocycles. The number of nitrogens with zero attached hydrogens (tertiary/aromatic N) is 2. The van der Waals surface area contributed by atoms with Crippen molar-refractivity contribution in [1.82, 2.24) is 14.9 Å². The second-order valence-corrected chi connectivity index (χ2v) is 4.77. The van der Waals surface area contributed by atoms with E-state index in [1.807, 2.05) is 35.8 Å². The van der Waals surface area contributed by atoms with Gasteiger partial charge in [0.1, 0.15) is 5.82 Å². The Morgan fingerprint density at radius 2 is 2.00 bits per heavy atom. The number of hydrogen-bond donors (Lipinski definition) is 1. The maximum Gasteiger partial charge on any atom is 0.390 e. The third-order valence-electron chi connectivity index (χ3n) is 3.36. The standard InChI is InChI=1S/C14H18F3N3/c1-3-20-12-7-5-4-6-11(12)19-13(20)8-10(18-2)9-14(15,16)17/h4-7,10,18H,3,8-9H2,1-2H3. The van der Waals surface area contributed by atoms with Gasteiger partial charge in [-0.05, 0) is 26.1 Å². The first-order valence-electron chi connectivity index (χ1n) is 6.62. The van der Waals surface area contributed by atoms with Crippen LogP contribution in [0.1, 0.15) is 19.2 Å². The van der Waals surface area contributed by atoms with E-state index in [0.717, 1.165) is 11.0 Å². The zero-order chi connectivity index (χ0) is 14.8. The van der Waals surface area contributed by atoms with Gasteiger partial charge in [0.25, 0.3) is 0 Å². The molecule has 0 spiro atoms. The largest absolute Gasteiger partial charge is 0.390 e. The molecule has 0 aliphatic carbocycles. The highest BCUT2D eigenvalue weighted by molar-refractivity contribution is 5.75. The molecule has 0 bridgehead atoms. The lowest BCUT2D eigenvalue weighted by atomic mass is 10.1. The monoisotopic (exact) mass is 285 g/mol. The van der Waals surface area contributed by atoms with Crippen LogP contribution in [0.5, 0.6) is 0 Å². The summed E-state index contributed by atoms with van der Waals surface area (Å²) in [5, 5.41) is 2.73. The summed E-state index contributed by atoms with van der Waals surface area (Å²) in [7, 11) is 1.55. The van der Waals surface area contributed by atoms with Crippen molar-refractivity contribution in [2.75, 3.05) is 7.05 Å². The summed E-state index contributed by atoms with van der Waals surface area (Å²) < 4.78 is 39.5. The van der Waals surface area contributed by atoms with Gasteiger partial charge in [-0.1, -0.05) is 12.1 Å². The van der Waals surface area contributed by atoms with Crippen LogP contribution in [0, 0.1) is 0 Å². The van der Waals surface area contributed by atoms with Gasteiger partial charge in [-0.3, -0.25) is 0 Å². The summed E-state index contributed by atoms with van der Waals surface area (Å²) in [5.74, 6) is 0.692. The lowest BCUT2D eigenvalue weighted by molar-refractivity contribution is -0.139. The molecule has 0 fully saturated rings. The van der Waals surface area contributed by atoms with E-state index in [-0.39, 0.29) is 6.42 Å². The Balaban J connectivity index is 2.28. The smallest absolute Gasteiger partial charge is 0.328 e. The molecule has 3 nitrogen and oxygen atoms in total. The number of para-hydroxylation sites is 2. The molecule has 2 rings (SSSR count). The fraction of sp³-hybridized carbons (Fsp3) is 0.500. The molecule has 1 N–H and O–H groups in total. The van der Waals surface area contributed by atoms with Crippen LogP contribution in [0.4, 0.5) is 13.2 Å². The molecular formula is C14H18F3N3. The van der Waals surface area contributed by atoms with Crippen molar-refractivity contribution in [2.24, 2.45) is 0 Å². The zero-order valence-electron chi connectivity index (χ0n) is 11.5. The Labute approximate surface area is 115 Å². The van der Waals surface area contributed by atoms with Crippen LogP contribution in [-0.4, -0.2) is 28.8 Å². The fourth-order valence-electron chi connectivity index (χ4n) is 2.41. The van der Waals surface area contributed by atoms with Crippen molar-refractivity contribution >= 4 is 11.0 Å². The molecule has 1 aromatic heterocycles. The highest BCUT2D eigenvalue weighted by Crippen LogP contribution is 2.24. The zero-order valence-corrected chi connectivity index (χ0v) is 11.5. The van der Waals surface area contributed by atoms with Crippen LogP contribution in [-0.2, 0) is 13.0 Å². The number of halogens is 3. The molecule has 0 saturated heterocycles. The molecule has 0 amide bonds. The van der Waals surface area contributed by atoms with Gasteiger partial charge in [0.05, 0.1) is 17.5 Å². The van der Waals surface area contributed by atoms with Gasteiger partial charge in [-0.2, -0.15) is 13.2 Å². The molecule has 110 valence electrons. The number of rotatable bonds is 5. The van der Waals surface area contributed by atoms with Gasteiger partial charge >= 0.3 is 6.18 Å². The first kappa shape index (κ1) is 14.8. The third-order valence-corrected chi connectivity index (χ3v) is 3.36. The van der Waals surface area contributed by atoms with Gasteiger partial charge in [0.15, 0.2) is 0 Å². The Kier molecular flexibility index (Phi) is 4.32. The Morgan fingerprint density at radius 1 is 1.30 bits per heavy atom. The fourth-order valence-corrected chi connectivity index (χ4v) is 2.41. The van der Waals surface area contributed by atoms with E-state index in [1.165, 1.54) is 0 Å². The molecule has 6 heteroatoms. The summed E-state index contributed by atoms with van der Waals surface area (Å²) in [6.07, 6.45) is -4.76. The number of aryl methyl sites for hydroxylation is 1. The molecule has 2 aromatic rings. The molecule has 0 aliphatic heterocycles. The summed E-state index contributed by atoms with van der Waals surface area (Å²) >= 11 is 0. The summed E-state index contributed by atoms with van der Waals surface area (Å²) in [6, 6.07) is 6.95. The molecule has 1 unspecified atom stereocenters. The maximum atomic E-state index is 12.5. The molecular weight excluding hydrogens is 267 g/mol. The average Bonchev–Trinajstić information content (AvgIpc) is 2.73. The molecule has 0 radical (unpaired) electrons. The van der Waals surface area contributed by atoms with E-state index in [2.05, 4.69) is 10.3 Å². The maximum absolute atomic E-state index is 12.5. The van der Waals surface area contributed by atoms with Crippen LogP contribution >= 0.6 is 0 Å². The van der Waals surface area contributed by atoms with Crippen molar-refractivity contribution in [3.05, 3.63) is 30.1 Å². The van der Waals surface area contributed by atoms with E-state index in [9.17, 15) is 13.2 Å². The predicted octanol–water partition coefficient (Wildman–Crippen LogP) is 3.14. The molecule has 0 saturated carbocycles. The Bertz CT molecular complexity index is 575. The number of hydrogen-bond acceptors (Lipinski definition) is 2. The van der Waals surface area contributed by atoms with Crippen molar-refractivity contribution in [3.63, 3.8) is 0 Å². The number of imidazole rings is 1. The van der Waals surface area contributed by atoms with E-state index in [0.29, 0.717) is 12.4 Å². The lowest BCUT2D eigenvalue weighted by Crippen LogP contribution is -2.33. The summed E-state index contributed by atoms with van der Waals surface area (Å²) in [5.41, 5.74) is 1.79. The molecule has 20 heavy (non-hydrogen) atoms. The average molecular weight is 285 g/mol. The number of benzene rings is 1. The van der Waals surface area contributed by atoms with E-state index in [1.54, 1.807) is 7.05 Å². The number of likely N-dealkylation sites (N-methyl/N-ethyl adjacent to an activating group) is 1. The Hall–Kier alpha value is -1.56. The van der Waals surface area contributed by atoms with E-state index in [4.69, 9.17) is 0 Å². The van der Waals surface area contributed by atoms with Crippen LogP contribution in [0.3, 0.4) is 0 Å². The number of aromatic nitrogens is 2. The highest BCUT2D eigenvalue weighted by atomic mass is 19.4. The number of fused-ring (bicyclic) bond motifs is 1. The van der Waals surface area contributed by atoms with Crippen molar-refractivity contribution < 1.29 is 13.2 Å². The van der Waals surface area contributed by atoms with Gasteiger partial charge in [0, 0.05) is 19.0 Å². The van der Waals surface area contributed by atoms with Crippen LogP contribution in [0.15, 0.2) is 24.3 Å². The third kappa shape index (κ3) is 3.30.